The number of allylic oxidation sites excluding steroid dienone is 2. The van der Waals surface area contributed by atoms with Gasteiger partial charge in [-0.3, -0.25) is 9.59 Å². The summed E-state index contributed by atoms with van der Waals surface area (Å²) in [5.41, 5.74) is 0.528. The van der Waals surface area contributed by atoms with E-state index in [4.69, 9.17) is 4.74 Å². The van der Waals surface area contributed by atoms with Gasteiger partial charge in [0.25, 0.3) is 11.8 Å². The molecule has 6 heteroatoms. The zero-order chi connectivity index (χ0) is 17.3. The third-order valence-corrected chi connectivity index (χ3v) is 4.20. The molecule has 0 bridgehead atoms. The first-order valence-electron chi connectivity index (χ1n) is 7.66. The van der Waals surface area contributed by atoms with Gasteiger partial charge in [-0.15, -0.1) is 0 Å². The summed E-state index contributed by atoms with van der Waals surface area (Å²) >= 11 is 0. The zero-order valence-electron chi connectivity index (χ0n) is 13.9. The number of rotatable bonds is 3. The van der Waals surface area contributed by atoms with E-state index in [0.29, 0.717) is 17.3 Å². The number of methoxy groups -OCH3 is 1. The molecule has 1 aromatic rings. The lowest BCUT2D eigenvalue weighted by Crippen LogP contribution is -2.58. The van der Waals surface area contributed by atoms with Crippen molar-refractivity contribution in [3.63, 3.8) is 0 Å². The van der Waals surface area contributed by atoms with Crippen molar-refractivity contribution in [2.45, 2.75) is 25.8 Å². The van der Waals surface area contributed by atoms with Gasteiger partial charge in [-0.1, -0.05) is 12.1 Å². The quantitative estimate of drug-likeness (QED) is 0.926. The van der Waals surface area contributed by atoms with Crippen molar-refractivity contribution in [3.05, 3.63) is 48.2 Å². The minimum absolute atomic E-state index is 0.00858. The maximum absolute atomic E-state index is 13.0. The second-order valence-electron chi connectivity index (χ2n) is 6.04. The smallest absolute Gasteiger partial charge is 0.251 e. The summed E-state index contributed by atoms with van der Waals surface area (Å²) in [7, 11) is 1.55. The highest BCUT2D eigenvalue weighted by atomic mass is 16.5. The number of aryl methyl sites for hydroxylation is 1. The molecule has 0 saturated carbocycles. The molecule has 2 aliphatic heterocycles. The van der Waals surface area contributed by atoms with Gasteiger partial charge >= 0.3 is 0 Å². The summed E-state index contributed by atoms with van der Waals surface area (Å²) < 4.78 is 5.31. The summed E-state index contributed by atoms with van der Waals surface area (Å²) in [4.78, 5) is 30.7. The molecule has 124 valence electrons. The molecule has 0 radical (unpaired) electrons. The van der Waals surface area contributed by atoms with Crippen LogP contribution in [-0.4, -0.2) is 35.2 Å². The molecule has 1 atom stereocenters. The number of carbonyl (C=O) groups is 2. The van der Waals surface area contributed by atoms with Crippen molar-refractivity contribution in [1.29, 1.82) is 0 Å². The number of benzene rings is 1. The molecule has 1 N–H and O–H groups in total. The van der Waals surface area contributed by atoms with Gasteiger partial charge < -0.3 is 15.0 Å². The minimum atomic E-state index is -1.05. The molecule has 2 heterocycles. The van der Waals surface area contributed by atoms with Crippen LogP contribution in [0.15, 0.2) is 47.6 Å². The van der Waals surface area contributed by atoms with Crippen molar-refractivity contribution < 1.29 is 14.3 Å². The predicted molar refractivity (Wildman–Crippen MR) is 91.9 cm³/mol. The fourth-order valence-electron chi connectivity index (χ4n) is 2.86. The van der Waals surface area contributed by atoms with Crippen LogP contribution in [0, 0.1) is 6.92 Å². The van der Waals surface area contributed by atoms with E-state index in [0.717, 1.165) is 5.56 Å². The normalized spacial score (nSPS) is 22.0. The molecule has 0 aliphatic carbocycles. The number of nitrogens with zero attached hydrogens (tertiary/aromatic N) is 2. The van der Waals surface area contributed by atoms with E-state index < -0.39 is 5.54 Å². The number of anilines is 1. The Labute approximate surface area is 140 Å². The highest BCUT2D eigenvalue weighted by Crippen LogP contribution is 2.31. The minimum Gasteiger partial charge on any atom is -0.495 e. The lowest BCUT2D eigenvalue weighted by Gasteiger charge is -2.41. The monoisotopic (exact) mass is 325 g/mol. The van der Waals surface area contributed by atoms with Gasteiger partial charge in [0.2, 0.25) is 0 Å². The predicted octanol–water partition coefficient (Wildman–Crippen LogP) is 2.42. The second kappa shape index (κ2) is 5.96. The number of ether oxygens (including phenoxy) is 1. The van der Waals surface area contributed by atoms with Gasteiger partial charge in [0.15, 0.2) is 0 Å². The third kappa shape index (κ3) is 2.71. The fraction of sp³-hybridized carbons (Fsp3) is 0.278. The Bertz CT molecular complexity index is 795. The zero-order valence-corrected chi connectivity index (χ0v) is 13.9. The van der Waals surface area contributed by atoms with E-state index in [-0.39, 0.29) is 18.2 Å². The maximum Gasteiger partial charge on any atom is 0.251 e. The molecule has 0 aromatic heterocycles. The van der Waals surface area contributed by atoms with Gasteiger partial charge in [0.1, 0.15) is 17.1 Å². The van der Waals surface area contributed by atoms with Crippen molar-refractivity contribution >= 4 is 23.3 Å². The van der Waals surface area contributed by atoms with Crippen LogP contribution in [-0.2, 0) is 9.59 Å². The number of fused-ring (bicyclic) bond motifs is 1. The summed E-state index contributed by atoms with van der Waals surface area (Å²) in [6.45, 7) is 3.67. The van der Waals surface area contributed by atoms with Crippen LogP contribution in [0.25, 0.3) is 0 Å². The van der Waals surface area contributed by atoms with E-state index in [1.807, 2.05) is 25.1 Å². The number of amidine groups is 1. The first kappa shape index (κ1) is 16.0. The largest absolute Gasteiger partial charge is 0.495 e. The molecule has 0 fully saturated rings. The fourth-order valence-corrected chi connectivity index (χ4v) is 2.86. The molecule has 6 nitrogen and oxygen atoms in total. The number of hydrogen-bond donors (Lipinski definition) is 1. The standard InChI is InChI=1S/C18H19N3O3/c1-12-7-8-14(24-3)13(10-12)19-17(23)18(2)11-16(22)20-15-6-4-5-9-21(15)18/h4-10H,11H2,1-3H3,(H,19,23). The van der Waals surface area contributed by atoms with Crippen LogP contribution in [0.3, 0.4) is 0 Å². The molecule has 2 aliphatic rings. The Morgan fingerprint density at radius 3 is 2.92 bits per heavy atom. The van der Waals surface area contributed by atoms with Crippen LogP contribution in [0.5, 0.6) is 5.75 Å². The SMILES string of the molecule is COc1ccc(C)cc1NC(=O)C1(C)CC(=O)N=C2C=CC=CN21. The lowest BCUT2D eigenvalue weighted by atomic mass is 9.91. The van der Waals surface area contributed by atoms with Crippen LogP contribution < -0.4 is 10.1 Å². The second-order valence-corrected chi connectivity index (χ2v) is 6.04. The van der Waals surface area contributed by atoms with Crippen LogP contribution in [0.2, 0.25) is 0 Å². The summed E-state index contributed by atoms with van der Waals surface area (Å²) in [6.07, 6.45) is 7.09. The Morgan fingerprint density at radius 2 is 2.17 bits per heavy atom. The summed E-state index contributed by atoms with van der Waals surface area (Å²) in [5, 5.41) is 2.90. The molecule has 2 amide bonds. The summed E-state index contributed by atoms with van der Waals surface area (Å²) in [5.74, 6) is 0.451. The number of aliphatic imine (C=N–C) groups is 1. The average molecular weight is 325 g/mol. The van der Waals surface area contributed by atoms with E-state index in [2.05, 4.69) is 10.3 Å². The lowest BCUT2D eigenvalue weighted by molar-refractivity contribution is -0.130. The highest BCUT2D eigenvalue weighted by molar-refractivity contribution is 6.12. The first-order valence-corrected chi connectivity index (χ1v) is 7.66. The molecular formula is C18H19N3O3. The molecular weight excluding hydrogens is 306 g/mol. The van der Waals surface area contributed by atoms with Gasteiger partial charge in [0, 0.05) is 6.20 Å². The van der Waals surface area contributed by atoms with E-state index in [1.165, 1.54) is 0 Å². The van der Waals surface area contributed by atoms with Gasteiger partial charge in [0.05, 0.1) is 19.2 Å². The average Bonchev–Trinajstić information content (AvgIpc) is 2.55. The summed E-state index contributed by atoms with van der Waals surface area (Å²) in [6, 6.07) is 5.55. The van der Waals surface area contributed by atoms with E-state index in [9.17, 15) is 9.59 Å². The van der Waals surface area contributed by atoms with Crippen molar-refractivity contribution in [2.75, 3.05) is 12.4 Å². The van der Waals surface area contributed by atoms with Gasteiger partial charge in [-0.05, 0) is 43.7 Å². The van der Waals surface area contributed by atoms with E-state index in [1.54, 1.807) is 43.4 Å². The van der Waals surface area contributed by atoms with Crippen molar-refractivity contribution in [3.8, 4) is 5.75 Å². The molecule has 24 heavy (non-hydrogen) atoms. The maximum atomic E-state index is 13.0. The van der Waals surface area contributed by atoms with Crippen molar-refractivity contribution in [2.24, 2.45) is 4.99 Å². The Balaban J connectivity index is 1.93. The number of amides is 2. The van der Waals surface area contributed by atoms with Crippen LogP contribution in [0.1, 0.15) is 18.9 Å². The topological polar surface area (TPSA) is 71.0 Å². The molecule has 1 unspecified atom stereocenters. The Hall–Kier alpha value is -2.89. The molecule has 3 rings (SSSR count). The Morgan fingerprint density at radius 1 is 1.38 bits per heavy atom. The molecule has 0 saturated heterocycles. The number of nitrogens with one attached hydrogen (secondary N) is 1. The highest BCUT2D eigenvalue weighted by Gasteiger charge is 2.45. The molecule has 0 spiro atoms. The number of hydrogen-bond acceptors (Lipinski definition) is 4. The van der Waals surface area contributed by atoms with Crippen LogP contribution in [0.4, 0.5) is 5.69 Å². The third-order valence-electron chi connectivity index (χ3n) is 4.20. The Kier molecular flexibility index (Phi) is 3.97. The van der Waals surface area contributed by atoms with Gasteiger partial charge in [-0.25, -0.2) is 0 Å². The van der Waals surface area contributed by atoms with Crippen molar-refractivity contribution in [1.82, 2.24) is 4.90 Å². The number of carbonyl (C=O) groups excluding carboxylic acids is 2. The van der Waals surface area contributed by atoms with Crippen LogP contribution >= 0.6 is 0 Å². The van der Waals surface area contributed by atoms with E-state index >= 15 is 0 Å². The van der Waals surface area contributed by atoms with Gasteiger partial charge in [-0.2, -0.15) is 4.99 Å². The molecule has 1 aromatic carbocycles. The first-order chi connectivity index (χ1) is 11.4.